The van der Waals surface area contributed by atoms with Gasteiger partial charge in [-0.3, -0.25) is 9.59 Å². The van der Waals surface area contributed by atoms with E-state index < -0.39 is 11.4 Å². The van der Waals surface area contributed by atoms with Gasteiger partial charge in [0.15, 0.2) is 11.2 Å². The molecule has 0 aliphatic heterocycles. The Labute approximate surface area is 122 Å². The fourth-order valence-corrected chi connectivity index (χ4v) is 3.35. The highest BCUT2D eigenvalue weighted by Gasteiger charge is 2.56. The molecule has 110 valence electrons. The molecule has 6 nitrogen and oxygen atoms in total. The number of hydrogen-bond donors (Lipinski definition) is 0. The van der Waals surface area contributed by atoms with Gasteiger partial charge in [0.05, 0.1) is 19.9 Å². The van der Waals surface area contributed by atoms with Crippen LogP contribution in [0, 0.1) is 5.92 Å². The predicted octanol–water partition coefficient (Wildman–Crippen LogP) is 0.987. The van der Waals surface area contributed by atoms with Crippen LogP contribution in [0.1, 0.15) is 24.6 Å². The number of carbonyl (C=O) groups is 2. The second-order valence-corrected chi connectivity index (χ2v) is 5.48. The number of esters is 1. The largest absolute Gasteiger partial charge is 0.468 e. The highest BCUT2D eigenvalue weighted by Crippen LogP contribution is 2.45. The van der Waals surface area contributed by atoms with Crippen molar-refractivity contribution in [2.75, 3.05) is 14.2 Å². The number of fused-ring (bicyclic) bond motifs is 4. The Morgan fingerprint density at radius 2 is 2.19 bits per heavy atom. The molecule has 21 heavy (non-hydrogen) atoms. The molecule has 0 unspecified atom stereocenters. The third-order valence-corrected chi connectivity index (χ3v) is 4.22. The Bertz CT molecular complexity index is 668. The minimum absolute atomic E-state index is 0.124. The van der Waals surface area contributed by atoms with Crippen molar-refractivity contribution < 1.29 is 19.1 Å². The minimum atomic E-state index is -1.31. The zero-order valence-corrected chi connectivity index (χ0v) is 12.2. The van der Waals surface area contributed by atoms with Crippen LogP contribution in [0.2, 0.25) is 0 Å². The van der Waals surface area contributed by atoms with Crippen molar-refractivity contribution in [1.82, 2.24) is 9.97 Å². The lowest BCUT2D eigenvalue weighted by Crippen LogP contribution is -2.53. The van der Waals surface area contributed by atoms with E-state index in [9.17, 15) is 9.59 Å². The van der Waals surface area contributed by atoms with Gasteiger partial charge in [-0.05, 0) is 13.3 Å². The number of carbonyl (C=O) groups excluding carboxylic acids is 2. The summed E-state index contributed by atoms with van der Waals surface area (Å²) < 4.78 is 9.96. The number of ether oxygens (including phenoxy) is 2. The average molecular weight is 288 g/mol. The van der Waals surface area contributed by atoms with E-state index in [0.29, 0.717) is 24.1 Å². The Kier molecular flexibility index (Phi) is 3.04. The van der Waals surface area contributed by atoms with Crippen LogP contribution in [0.4, 0.5) is 0 Å². The summed E-state index contributed by atoms with van der Waals surface area (Å²) in [5.74, 6) is -1.01. The quantitative estimate of drug-likeness (QED) is 0.459. The van der Waals surface area contributed by atoms with Gasteiger partial charge in [-0.2, -0.15) is 4.98 Å². The van der Waals surface area contributed by atoms with Crippen LogP contribution < -0.4 is 4.74 Å². The maximum atomic E-state index is 12.8. The molecule has 1 aromatic rings. The molecular weight excluding hydrogens is 272 g/mol. The second kappa shape index (κ2) is 4.65. The van der Waals surface area contributed by atoms with Crippen LogP contribution >= 0.6 is 0 Å². The molecule has 1 aromatic heterocycles. The van der Waals surface area contributed by atoms with E-state index in [4.69, 9.17) is 9.47 Å². The lowest BCUT2D eigenvalue weighted by Gasteiger charge is -2.40. The van der Waals surface area contributed by atoms with Gasteiger partial charge in [0, 0.05) is 24.1 Å². The Morgan fingerprint density at radius 3 is 2.86 bits per heavy atom. The van der Waals surface area contributed by atoms with Crippen molar-refractivity contribution in [3.63, 3.8) is 0 Å². The Morgan fingerprint density at radius 1 is 1.43 bits per heavy atom. The third kappa shape index (κ3) is 1.78. The highest BCUT2D eigenvalue weighted by atomic mass is 16.5. The predicted molar refractivity (Wildman–Crippen MR) is 72.9 cm³/mol. The monoisotopic (exact) mass is 288 g/mol. The summed E-state index contributed by atoms with van der Waals surface area (Å²) in [7, 11) is 2.78. The van der Waals surface area contributed by atoms with E-state index in [-0.39, 0.29) is 17.7 Å². The second-order valence-electron chi connectivity index (χ2n) is 5.48. The number of allylic oxidation sites excluding steroid dienone is 2. The zero-order chi connectivity index (χ0) is 15.2. The molecule has 0 saturated heterocycles. The Hall–Kier alpha value is -2.24. The van der Waals surface area contributed by atoms with E-state index in [1.165, 1.54) is 20.4 Å². The SMILES string of the molecule is COC(=O)[C@@]12CC(C)=C[C@@H](Cc3nc(OC)ncc31)C2=O. The molecule has 3 rings (SSSR count). The van der Waals surface area contributed by atoms with Gasteiger partial charge >= 0.3 is 12.0 Å². The van der Waals surface area contributed by atoms with Crippen LogP contribution in [-0.2, 0) is 26.2 Å². The molecule has 0 radical (unpaired) electrons. The lowest BCUT2D eigenvalue weighted by molar-refractivity contribution is -0.154. The standard InChI is InChI=1S/C15H16N2O4/c1-8-4-9-5-11-10(7-16-14(17-11)21-3)15(6-8,12(9)18)13(19)20-2/h4,7,9H,5-6H2,1-3H3/t9-,15-/m0/s1. The molecule has 1 heterocycles. The number of Topliss-reactive ketones (excluding diaryl/α,β-unsaturated/α-hetero) is 1. The minimum Gasteiger partial charge on any atom is -0.468 e. The first-order chi connectivity index (χ1) is 10.0. The van der Waals surface area contributed by atoms with Gasteiger partial charge in [0.25, 0.3) is 0 Å². The summed E-state index contributed by atoms with van der Waals surface area (Å²) in [6, 6.07) is 0.238. The van der Waals surface area contributed by atoms with Gasteiger partial charge in [-0.25, -0.2) is 4.98 Å². The molecule has 0 saturated carbocycles. The van der Waals surface area contributed by atoms with Crippen molar-refractivity contribution in [2.45, 2.75) is 25.2 Å². The van der Waals surface area contributed by atoms with Gasteiger partial charge in [0.1, 0.15) is 0 Å². The molecule has 0 aromatic carbocycles. The first-order valence-electron chi connectivity index (χ1n) is 6.73. The van der Waals surface area contributed by atoms with Crippen LogP contribution in [-0.4, -0.2) is 35.9 Å². The first-order valence-corrected chi connectivity index (χ1v) is 6.73. The fourth-order valence-electron chi connectivity index (χ4n) is 3.35. The van der Waals surface area contributed by atoms with E-state index in [0.717, 1.165) is 5.57 Å². The smallest absolute Gasteiger partial charge is 0.324 e. The lowest BCUT2D eigenvalue weighted by atomic mass is 9.60. The van der Waals surface area contributed by atoms with E-state index in [1.807, 2.05) is 13.0 Å². The number of rotatable bonds is 2. The van der Waals surface area contributed by atoms with Gasteiger partial charge in [-0.15, -0.1) is 0 Å². The first kappa shape index (κ1) is 13.7. The van der Waals surface area contributed by atoms with Crippen molar-refractivity contribution in [3.8, 4) is 6.01 Å². The van der Waals surface area contributed by atoms with Gasteiger partial charge in [0.2, 0.25) is 0 Å². The molecule has 2 aliphatic carbocycles. The van der Waals surface area contributed by atoms with Crippen LogP contribution in [0.5, 0.6) is 6.01 Å². The molecule has 0 spiro atoms. The number of methoxy groups -OCH3 is 2. The number of hydrogen-bond acceptors (Lipinski definition) is 6. The Balaban J connectivity index is 2.25. The maximum Gasteiger partial charge on any atom is 0.324 e. The zero-order valence-electron chi connectivity index (χ0n) is 12.2. The summed E-state index contributed by atoms with van der Waals surface area (Å²) in [5.41, 5.74) is 0.925. The summed E-state index contributed by atoms with van der Waals surface area (Å²) in [6.45, 7) is 1.92. The molecule has 0 amide bonds. The summed E-state index contributed by atoms with van der Waals surface area (Å²) >= 11 is 0. The molecule has 2 aliphatic rings. The normalized spacial score (nSPS) is 26.7. The van der Waals surface area contributed by atoms with E-state index in [2.05, 4.69) is 9.97 Å². The van der Waals surface area contributed by atoms with Crippen LogP contribution in [0.15, 0.2) is 17.8 Å². The maximum absolute atomic E-state index is 12.8. The van der Waals surface area contributed by atoms with Crippen molar-refractivity contribution in [2.24, 2.45) is 5.92 Å². The summed E-state index contributed by atoms with van der Waals surface area (Å²) in [5, 5.41) is 0. The van der Waals surface area contributed by atoms with Crippen LogP contribution in [0.25, 0.3) is 0 Å². The summed E-state index contributed by atoms with van der Waals surface area (Å²) in [6.07, 6.45) is 4.21. The molecule has 6 heteroatoms. The molecule has 0 N–H and O–H groups in total. The van der Waals surface area contributed by atoms with Crippen molar-refractivity contribution in [3.05, 3.63) is 29.1 Å². The molecule has 2 atom stereocenters. The topological polar surface area (TPSA) is 78.4 Å². The average Bonchev–Trinajstić information content (AvgIpc) is 2.48. The number of nitrogens with zero attached hydrogens (tertiary/aromatic N) is 2. The molecule has 0 fully saturated rings. The van der Waals surface area contributed by atoms with Crippen molar-refractivity contribution in [1.29, 1.82) is 0 Å². The van der Waals surface area contributed by atoms with Gasteiger partial charge in [-0.1, -0.05) is 11.6 Å². The van der Waals surface area contributed by atoms with Crippen LogP contribution in [0.3, 0.4) is 0 Å². The van der Waals surface area contributed by atoms with Gasteiger partial charge < -0.3 is 9.47 Å². The molecule has 2 bridgehead atoms. The van der Waals surface area contributed by atoms with Crippen molar-refractivity contribution >= 4 is 11.8 Å². The van der Waals surface area contributed by atoms with E-state index in [1.54, 1.807) is 0 Å². The summed E-state index contributed by atoms with van der Waals surface area (Å²) in [4.78, 5) is 33.6. The fraction of sp³-hybridized carbons (Fsp3) is 0.467. The third-order valence-electron chi connectivity index (χ3n) is 4.22. The number of aromatic nitrogens is 2. The molecular formula is C15H16N2O4. The van der Waals surface area contributed by atoms with E-state index >= 15 is 0 Å². The number of ketones is 1. The highest BCUT2D eigenvalue weighted by molar-refractivity contribution is 6.13.